The van der Waals surface area contributed by atoms with Gasteiger partial charge in [-0.05, 0) is 57.4 Å². The number of nitrogens with zero attached hydrogens (tertiary/aromatic N) is 3. The molecule has 0 unspecified atom stereocenters. The molecular formula is C20H26FN5O. The van der Waals surface area contributed by atoms with Crippen LogP contribution in [0.4, 0.5) is 10.1 Å². The predicted molar refractivity (Wildman–Crippen MR) is 102 cm³/mol. The average molecular weight is 371 g/mol. The highest BCUT2D eigenvalue weighted by Gasteiger charge is 2.25. The molecule has 27 heavy (non-hydrogen) atoms. The Morgan fingerprint density at radius 3 is 3.04 bits per heavy atom. The number of fused-ring (bicyclic) bond motifs is 1. The second-order valence-electron chi connectivity index (χ2n) is 7.66. The van der Waals surface area contributed by atoms with Crippen LogP contribution in [0.2, 0.25) is 0 Å². The molecule has 2 aromatic rings. The van der Waals surface area contributed by atoms with Crippen LogP contribution in [0.25, 0.3) is 11.4 Å². The molecule has 1 aromatic heterocycles. The molecule has 2 atom stereocenters. The zero-order valence-electron chi connectivity index (χ0n) is 15.7. The molecule has 3 heterocycles. The molecule has 1 fully saturated rings. The van der Waals surface area contributed by atoms with Crippen LogP contribution >= 0.6 is 0 Å². The van der Waals surface area contributed by atoms with Crippen LogP contribution in [0.1, 0.15) is 44.9 Å². The minimum absolute atomic E-state index is 0.0892. The smallest absolute Gasteiger partial charge is 0.227 e. The van der Waals surface area contributed by atoms with Gasteiger partial charge in [0.1, 0.15) is 11.6 Å². The molecule has 0 saturated carbocycles. The Morgan fingerprint density at radius 1 is 1.30 bits per heavy atom. The zero-order chi connectivity index (χ0) is 18.8. The van der Waals surface area contributed by atoms with Crippen LogP contribution in [0.3, 0.4) is 0 Å². The quantitative estimate of drug-likeness (QED) is 0.870. The van der Waals surface area contributed by atoms with Gasteiger partial charge >= 0.3 is 0 Å². The lowest BCUT2D eigenvalue weighted by Gasteiger charge is -2.27. The second kappa shape index (κ2) is 7.76. The van der Waals surface area contributed by atoms with Gasteiger partial charge in [0.2, 0.25) is 5.91 Å². The summed E-state index contributed by atoms with van der Waals surface area (Å²) in [6.07, 6.45) is 5.86. The van der Waals surface area contributed by atoms with Crippen molar-refractivity contribution in [2.75, 3.05) is 11.9 Å². The Hall–Kier alpha value is -2.28. The van der Waals surface area contributed by atoms with Crippen molar-refractivity contribution in [2.24, 2.45) is 5.92 Å². The highest BCUT2D eigenvalue weighted by Crippen LogP contribution is 2.27. The van der Waals surface area contributed by atoms with Gasteiger partial charge in [-0.1, -0.05) is 6.42 Å². The molecule has 2 aliphatic rings. The monoisotopic (exact) mass is 371 g/mol. The summed E-state index contributed by atoms with van der Waals surface area (Å²) in [6, 6.07) is 5.09. The lowest BCUT2D eigenvalue weighted by molar-refractivity contribution is -0.120. The minimum Gasteiger partial charge on any atom is -0.323 e. The number of amides is 1. The number of aromatic nitrogens is 3. The first-order chi connectivity index (χ1) is 13.1. The molecular weight excluding hydrogens is 345 g/mol. The van der Waals surface area contributed by atoms with Gasteiger partial charge in [-0.25, -0.2) is 4.39 Å². The van der Waals surface area contributed by atoms with E-state index in [-0.39, 0.29) is 17.5 Å². The van der Waals surface area contributed by atoms with Gasteiger partial charge in [0, 0.05) is 30.5 Å². The first kappa shape index (κ1) is 18.1. The van der Waals surface area contributed by atoms with Gasteiger partial charge in [0.05, 0.1) is 5.69 Å². The number of carbonyl (C=O) groups is 1. The second-order valence-corrected chi connectivity index (χ2v) is 7.66. The molecule has 0 spiro atoms. The summed E-state index contributed by atoms with van der Waals surface area (Å²) >= 11 is 0. The molecule has 144 valence electrons. The lowest BCUT2D eigenvalue weighted by Crippen LogP contribution is -2.40. The molecule has 6 nitrogen and oxygen atoms in total. The van der Waals surface area contributed by atoms with E-state index in [0.29, 0.717) is 6.04 Å². The number of halogens is 1. The molecule has 2 aliphatic heterocycles. The third-order valence-electron chi connectivity index (χ3n) is 5.59. The fourth-order valence-electron chi connectivity index (χ4n) is 4.06. The third-order valence-corrected chi connectivity index (χ3v) is 5.59. The number of aryl methyl sites for hydroxylation is 1. The van der Waals surface area contributed by atoms with Crippen LogP contribution in [0.15, 0.2) is 18.2 Å². The largest absolute Gasteiger partial charge is 0.323 e. The Labute approximate surface area is 158 Å². The lowest BCUT2D eigenvalue weighted by atomic mass is 9.92. The van der Waals surface area contributed by atoms with Crippen LogP contribution in [-0.2, 0) is 17.8 Å². The first-order valence-electron chi connectivity index (χ1n) is 9.88. The van der Waals surface area contributed by atoms with Crippen molar-refractivity contribution in [3.8, 4) is 11.4 Å². The first-order valence-corrected chi connectivity index (χ1v) is 9.88. The SMILES string of the molecule is C[C@H]1C[C@@H](C(=O)Nc2cc(-c3nnc4n3CCCCC4)ccc2F)CCN1. The number of rotatable bonds is 3. The van der Waals surface area contributed by atoms with Crippen molar-refractivity contribution in [1.29, 1.82) is 0 Å². The molecule has 1 amide bonds. The number of anilines is 1. The highest BCUT2D eigenvalue weighted by atomic mass is 19.1. The fraction of sp³-hybridized carbons (Fsp3) is 0.550. The van der Waals surface area contributed by atoms with E-state index in [1.165, 1.54) is 12.5 Å². The van der Waals surface area contributed by atoms with E-state index in [9.17, 15) is 9.18 Å². The van der Waals surface area contributed by atoms with E-state index in [4.69, 9.17) is 0 Å². The van der Waals surface area contributed by atoms with E-state index in [2.05, 4.69) is 32.3 Å². The van der Waals surface area contributed by atoms with Crippen molar-refractivity contribution in [3.63, 3.8) is 0 Å². The van der Waals surface area contributed by atoms with Crippen molar-refractivity contribution >= 4 is 11.6 Å². The van der Waals surface area contributed by atoms with Gasteiger partial charge in [-0.2, -0.15) is 0 Å². The molecule has 0 bridgehead atoms. The zero-order valence-corrected chi connectivity index (χ0v) is 15.7. The van der Waals surface area contributed by atoms with Crippen LogP contribution in [0.5, 0.6) is 0 Å². The number of benzene rings is 1. The molecule has 4 rings (SSSR count). The Balaban J connectivity index is 1.57. The van der Waals surface area contributed by atoms with Crippen molar-refractivity contribution in [2.45, 2.75) is 58.0 Å². The van der Waals surface area contributed by atoms with Gasteiger partial charge in [-0.15, -0.1) is 10.2 Å². The number of hydrogen-bond acceptors (Lipinski definition) is 4. The molecule has 1 aromatic carbocycles. The molecule has 2 N–H and O–H groups in total. The van der Waals surface area contributed by atoms with E-state index in [1.807, 2.05) is 0 Å². The number of piperidine rings is 1. The maximum Gasteiger partial charge on any atom is 0.227 e. The van der Waals surface area contributed by atoms with E-state index < -0.39 is 5.82 Å². The Morgan fingerprint density at radius 2 is 2.19 bits per heavy atom. The summed E-state index contributed by atoms with van der Waals surface area (Å²) in [6.45, 7) is 3.76. The van der Waals surface area contributed by atoms with Crippen molar-refractivity contribution in [3.05, 3.63) is 29.8 Å². The summed E-state index contributed by atoms with van der Waals surface area (Å²) in [5.74, 6) is 1.11. The summed E-state index contributed by atoms with van der Waals surface area (Å²) in [4.78, 5) is 12.6. The number of nitrogens with one attached hydrogen (secondary N) is 2. The van der Waals surface area contributed by atoms with Gasteiger partial charge in [0.25, 0.3) is 0 Å². The normalized spacial score (nSPS) is 22.7. The standard InChI is InChI=1S/C20H26FN5O/c1-13-11-15(8-9-22-13)20(27)23-17-12-14(6-7-16(17)21)19-25-24-18-5-3-2-4-10-26(18)19/h6-7,12-13,15,22H,2-5,8-11H2,1H3,(H,23,27)/t13-,15-/m0/s1. The van der Waals surface area contributed by atoms with Crippen LogP contribution in [0, 0.1) is 11.7 Å². The maximum absolute atomic E-state index is 14.3. The van der Waals surface area contributed by atoms with Crippen LogP contribution in [-0.4, -0.2) is 33.3 Å². The topological polar surface area (TPSA) is 71.8 Å². The van der Waals surface area contributed by atoms with E-state index >= 15 is 0 Å². The summed E-state index contributed by atoms with van der Waals surface area (Å²) in [7, 11) is 0. The Bertz CT molecular complexity index is 834. The van der Waals surface area contributed by atoms with Crippen molar-refractivity contribution in [1.82, 2.24) is 20.1 Å². The van der Waals surface area contributed by atoms with E-state index in [1.54, 1.807) is 12.1 Å². The predicted octanol–water partition coefficient (Wildman–Crippen LogP) is 3.14. The number of hydrogen-bond donors (Lipinski definition) is 2. The van der Waals surface area contributed by atoms with Gasteiger partial charge < -0.3 is 15.2 Å². The maximum atomic E-state index is 14.3. The average Bonchev–Trinajstić information content (AvgIpc) is 2.91. The van der Waals surface area contributed by atoms with Crippen molar-refractivity contribution < 1.29 is 9.18 Å². The summed E-state index contributed by atoms with van der Waals surface area (Å²) < 4.78 is 16.5. The molecule has 0 aliphatic carbocycles. The molecule has 1 saturated heterocycles. The Kier molecular flexibility index (Phi) is 5.20. The minimum atomic E-state index is -0.426. The molecule has 0 radical (unpaired) electrons. The number of carbonyl (C=O) groups excluding carboxylic acids is 1. The van der Waals surface area contributed by atoms with Crippen LogP contribution < -0.4 is 10.6 Å². The van der Waals surface area contributed by atoms with Gasteiger partial charge in [0.15, 0.2) is 5.82 Å². The fourth-order valence-corrected chi connectivity index (χ4v) is 4.06. The highest BCUT2D eigenvalue weighted by molar-refractivity contribution is 5.93. The third kappa shape index (κ3) is 3.88. The summed E-state index contributed by atoms with van der Waals surface area (Å²) in [5.41, 5.74) is 1.00. The molecule has 7 heteroatoms. The van der Waals surface area contributed by atoms with Gasteiger partial charge in [-0.3, -0.25) is 4.79 Å². The van der Waals surface area contributed by atoms with E-state index in [0.717, 1.165) is 62.4 Å². The summed E-state index contributed by atoms with van der Waals surface area (Å²) in [5, 5.41) is 14.8.